The molecular formula is C45H69N2OSi+. The third kappa shape index (κ3) is 7.05. The van der Waals surface area contributed by atoms with Crippen molar-refractivity contribution in [3.63, 3.8) is 0 Å². The minimum atomic E-state index is -1.81. The molecule has 4 aliphatic rings. The van der Waals surface area contributed by atoms with Gasteiger partial charge in [0.05, 0.1) is 21.1 Å². The van der Waals surface area contributed by atoms with Crippen LogP contribution in [0.3, 0.4) is 0 Å². The van der Waals surface area contributed by atoms with Gasteiger partial charge in [0.25, 0.3) is 0 Å². The average Bonchev–Trinajstić information content (AvgIpc) is 3.58. The number of rotatable bonds is 12. The maximum Gasteiger partial charge on any atom is 0.190 e. The van der Waals surface area contributed by atoms with E-state index in [1.54, 1.807) is 16.7 Å². The lowest BCUT2D eigenvalue weighted by Gasteiger charge is -2.53. The van der Waals surface area contributed by atoms with E-state index in [4.69, 9.17) is 4.74 Å². The van der Waals surface area contributed by atoms with Crippen LogP contribution in [0.5, 0.6) is 11.5 Å². The van der Waals surface area contributed by atoms with Crippen molar-refractivity contribution in [2.45, 2.75) is 154 Å². The fourth-order valence-electron chi connectivity index (χ4n) is 10.9. The summed E-state index contributed by atoms with van der Waals surface area (Å²) >= 11 is 0. The lowest BCUT2D eigenvalue weighted by molar-refractivity contribution is -0.975. The summed E-state index contributed by atoms with van der Waals surface area (Å²) in [5.74, 6) is 3.23. The molecule has 2 saturated carbocycles. The topological polar surface area (TPSA) is 12.5 Å². The van der Waals surface area contributed by atoms with E-state index >= 15 is 0 Å². The monoisotopic (exact) mass is 682 g/mol. The number of ether oxygens (including phenoxy) is 1. The molecule has 2 aromatic carbocycles. The molecule has 0 saturated heterocycles. The van der Waals surface area contributed by atoms with E-state index in [0.29, 0.717) is 11.8 Å². The highest BCUT2D eigenvalue weighted by molar-refractivity contribution is 6.76. The van der Waals surface area contributed by atoms with Gasteiger partial charge in [-0.25, -0.2) is 0 Å². The van der Waals surface area contributed by atoms with Crippen LogP contribution >= 0.6 is 0 Å². The Hall–Kier alpha value is -2.14. The normalized spacial score (nSPS) is 23.9. The van der Waals surface area contributed by atoms with E-state index in [2.05, 4.69) is 128 Å². The second-order valence-electron chi connectivity index (χ2n) is 18.7. The number of quaternary nitrogens is 1. The SMILES string of the molecule is CCCCC1(CCCC)C2=CC3C(C=C2c2ccc(Oc4ccc(C(C)(C)C)cc4)cc21)CCC3[Si](C)(C)N(C1CCCCC1)[N+](C)(C)C. The minimum Gasteiger partial charge on any atom is -0.457 e. The predicted molar refractivity (Wildman–Crippen MR) is 213 cm³/mol. The maximum atomic E-state index is 6.64. The van der Waals surface area contributed by atoms with E-state index in [9.17, 15) is 0 Å². The van der Waals surface area contributed by atoms with Gasteiger partial charge in [-0.3, -0.25) is 4.59 Å². The third-order valence-electron chi connectivity index (χ3n) is 13.0. The molecule has 0 bridgehead atoms. The summed E-state index contributed by atoms with van der Waals surface area (Å²) < 4.78 is 10.7. The second-order valence-corrected chi connectivity index (χ2v) is 23.2. The molecule has 3 atom stereocenters. The molecule has 2 aromatic rings. The fraction of sp³-hybridized carbons (Fsp3) is 0.644. The number of hydrogen-bond acceptors (Lipinski definition) is 2. The Balaban J connectivity index is 1.39. The summed E-state index contributed by atoms with van der Waals surface area (Å²) in [7, 11) is 5.57. The number of fused-ring (bicyclic) bond motifs is 4. The number of allylic oxidation sites excluding steroid dienone is 4. The van der Waals surface area contributed by atoms with E-state index in [0.717, 1.165) is 27.7 Å². The zero-order valence-corrected chi connectivity index (χ0v) is 34.0. The first-order chi connectivity index (χ1) is 23.2. The molecule has 0 amide bonds. The highest BCUT2D eigenvalue weighted by Crippen LogP contribution is 2.62. The molecule has 268 valence electrons. The molecular weight excluding hydrogens is 613 g/mol. The van der Waals surface area contributed by atoms with Gasteiger partial charge >= 0.3 is 0 Å². The van der Waals surface area contributed by atoms with Crippen LogP contribution in [0.4, 0.5) is 0 Å². The van der Waals surface area contributed by atoms with Gasteiger partial charge < -0.3 is 4.74 Å². The highest BCUT2D eigenvalue weighted by atomic mass is 28.3. The van der Waals surface area contributed by atoms with E-state index in [1.165, 1.54) is 94.6 Å². The first-order valence-corrected chi connectivity index (χ1v) is 23.2. The van der Waals surface area contributed by atoms with Crippen LogP contribution in [0, 0.1) is 11.8 Å². The molecule has 0 spiro atoms. The Morgan fingerprint density at radius 1 is 0.816 bits per heavy atom. The van der Waals surface area contributed by atoms with Gasteiger partial charge in [-0.2, -0.15) is 4.67 Å². The number of hydrogen-bond donors (Lipinski definition) is 0. The van der Waals surface area contributed by atoms with Crippen LogP contribution < -0.4 is 4.74 Å². The lowest BCUT2D eigenvalue weighted by Crippen LogP contribution is -2.69. The largest absolute Gasteiger partial charge is 0.457 e. The van der Waals surface area contributed by atoms with Crippen LogP contribution in [0.1, 0.15) is 135 Å². The molecule has 0 heterocycles. The van der Waals surface area contributed by atoms with Gasteiger partial charge in [0.15, 0.2) is 8.24 Å². The van der Waals surface area contributed by atoms with Crippen LogP contribution in [0.25, 0.3) is 5.57 Å². The Bertz CT molecular complexity index is 1510. The Kier molecular flexibility index (Phi) is 10.6. The van der Waals surface area contributed by atoms with Crippen molar-refractivity contribution < 1.29 is 9.33 Å². The summed E-state index contributed by atoms with van der Waals surface area (Å²) in [6.45, 7) is 17.1. The Morgan fingerprint density at radius 2 is 1.45 bits per heavy atom. The fourth-order valence-corrected chi connectivity index (χ4v) is 16.2. The number of unbranched alkanes of at least 4 members (excludes halogenated alkanes) is 2. The van der Waals surface area contributed by atoms with Gasteiger partial charge in [-0.05, 0) is 107 Å². The van der Waals surface area contributed by atoms with E-state index in [1.807, 2.05) is 0 Å². The molecule has 49 heavy (non-hydrogen) atoms. The van der Waals surface area contributed by atoms with Crippen molar-refractivity contribution in [3.05, 3.63) is 76.9 Å². The molecule has 4 heteroatoms. The standard InChI is InChI=1S/C45H69N2OSi/c1-11-13-28-45(29-14-12-2)41-31-37(48-36-23-21-34(22-24-36)44(3,4)5)25-26-38(41)40-30-33-20-27-43(39(33)32-42(40)45)49(9,10)46(47(6,7)8)35-18-16-15-17-19-35/h21-26,30-33,35,39,43H,11-20,27-29H2,1-10H3/q+1. The van der Waals surface area contributed by atoms with Crippen molar-refractivity contribution in [1.82, 2.24) is 4.67 Å². The molecule has 3 unspecified atom stereocenters. The van der Waals surface area contributed by atoms with Gasteiger partial charge in [-0.15, -0.1) is 0 Å². The van der Waals surface area contributed by atoms with Crippen molar-refractivity contribution in [1.29, 1.82) is 0 Å². The van der Waals surface area contributed by atoms with Crippen LogP contribution in [0.15, 0.2) is 60.2 Å². The summed E-state index contributed by atoms with van der Waals surface area (Å²) in [4.78, 5) is 0. The quantitative estimate of drug-likeness (QED) is 0.126. The molecule has 0 aromatic heterocycles. The molecule has 2 fully saturated rings. The maximum absolute atomic E-state index is 6.64. The molecule has 0 aliphatic heterocycles. The van der Waals surface area contributed by atoms with Crippen molar-refractivity contribution in [3.8, 4) is 11.5 Å². The van der Waals surface area contributed by atoms with Gasteiger partial charge in [-0.1, -0.05) is 129 Å². The molecule has 3 nitrogen and oxygen atoms in total. The van der Waals surface area contributed by atoms with Gasteiger partial charge in [0, 0.05) is 11.5 Å². The summed E-state index contributed by atoms with van der Waals surface area (Å²) in [5, 5.41) is 0. The van der Waals surface area contributed by atoms with E-state index in [-0.39, 0.29) is 10.8 Å². The lowest BCUT2D eigenvalue weighted by atomic mass is 9.68. The Morgan fingerprint density at radius 3 is 2.04 bits per heavy atom. The zero-order valence-electron chi connectivity index (χ0n) is 33.0. The highest BCUT2D eigenvalue weighted by Gasteiger charge is 2.56. The number of benzene rings is 2. The van der Waals surface area contributed by atoms with Gasteiger partial charge in [0.1, 0.15) is 11.5 Å². The third-order valence-corrected chi connectivity index (χ3v) is 17.7. The predicted octanol–water partition coefficient (Wildman–Crippen LogP) is 12.6. The summed E-state index contributed by atoms with van der Waals surface area (Å²) in [5.41, 5.74) is 8.63. The van der Waals surface area contributed by atoms with Crippen LogP contribution in [0.2, 0.25) is 18.6 Å². The minimum absolute atomic E-state index is 0.0790. The molecule has 0 N–H and O–H groups in total. The molecule has 4 aliphatic carbocycles. The molecule has 0 radical (unpaired) electrons. The number of nitrogens with zero attached hydrogens (tertiary/aromatic N) is 2. The molecule has 6 rings (SSSR count). The Labute approximate surface area is 301 Å². The summed E-state index contributed by atoms with van der Waals surface area (Å²) in [6.07, 6.45) is 22.9. The van der Waals surface area contributed by atoms with E-state index < -0.39 is 8.24 Å². The van der Waals surface area contributed by atoms with Crippen LogP contribution in [-0.4, -0.2) is 44.7 Å². The zero-order chi connectivity index (χ0) is 35.2. The second kappa shape index (κ2) is 14.1. The van der Waals surface area contributed by atoms with Crippen molar-refractivity contribution >= 4 is 13.8 Å². The summed E-state index contributed by atoms with van der Waals surface area (Å²) in [6, 6.07) is 16.6. The first kappa shape index (κ1) is 36.6. The average molecular weight is 682 g/mol. The smallest absolute Gasteiger partial charge is 0.190 e. The van der Waals surface area contributed by atoms with Crippen LogP contribution in [-0.2, 0) is 10.8 Å². The van der Waals surface area contributed by atoms with Gasteiger partial charge in [0.2, 0.25) is 0 Å². The van der Waals surface area contributed by atoms with Crippen molar-refractivity contribution in [2.75, 3.05) is 21.1 Å². The van der Waals surface area contributed by atoms with Crippen molar-refractivity contribution in [2.24, 2.45) is 11.8 Å². The first-order valence-electron chi connectivity index (χ1n) is 20.2.